The summed E-state index contributed by atoms with van der Waals surface area (Å²) in [6.07, 6.45) is 6.61. The third kappa shape index (κ3) is 3.98. The van der Waals surface area contributed by atoms with Crippen LogP contribution in [0, 0.1) is 5.41 Å². The number of hydrogen-bond donors (Lipinski definition) is 1. The number of hydrogen-bond acceptors (Lipinski definition) is 5. The Morgan fingerprint density at radius 1 is 1.00 bits per heavy atom. The van der Waals surface area contributed by atoms with Crippen molar-refractivity contribution in [3.8, 4) is 0 Å². The van der Waals surface area contributed by atoms with Crippen LogP contribution in [0.5, 0.6) is 0 Å². The second-order valence-corrected chi connectivity index (χ2v) is 7.69. The summed E-state index contributed by atoms with van der Waals surface area (Å²) in [5, 5.41) is 3.13. The summed E-state index contributed by atoms with van der Waals surface area (Å²) in [5.41, 5.74) is 1.58. The Hall–Kier alpha value is -2.96. The summed E-state index contributed by atoms with van der Waals surface area (Å²) in [6.45, 7) is 3.15. The van der Waals surface area contributed by atoms with Gasteiger partial charge in [0.05, 0.1) is 0 Å². The Balaban J connectivity index is 1.38. The van der Waals surface area contributed by atoms with E-state index in [4.69, 9.17) is 0 Å². The molecule has 1 spiro atoms. The van der Waals surface area contributed by atoms with Crippen LogP contribution in [0.3, 0.4) is 0 Å². The zero-order chi connectivity index (χ0) is 19.4. The number of para-hydroxylation sites is 1. The van der Waals surface area contributed by atoms with Crippen molar-refractivity contribution < 1.29 is 9.59 Å². The van der Waals surface area contributed by atoms with E-state index in [9.17, 15) is 9.59 Å². The number of rotatable bonds is 4. The van der Waals surface area contributed by atoms with Gasteiger partial charge in [0.2, 0.25) is 12.4 Å². The van der Waals surface area contributed by atoms with E-state index >= 15 is 0 Å². The predicted molar refractivity (Wildman–Crippen MR) is 106 cm³/mol. The molecule has 0 bridgehead atoms. The SMILES string of the molecule is O=CN1CCC2(CC1)CCN(C(=O)c1ccnc(Nc3ccccc3)n1)CC2. The molecule has 1 N–H and O–H groups in total. The molecule has 1 aromatic carbocycles. The Morgan fingerprint density at radius 3 is 2.36 bits per heavy atom. The molecule has 0 radical (unpaired) electrons. The predicted octanol–water partition coefficient (Wildman–Crippen LogP) is 2.69. The lowest BCUT2D eigenvalue weighted by molar-refractivity contribution is -0.120. The molecule has 2 aliphatic heterocycles. The molecule has 2 saturated heterocycles. The second kappa shape index (κ2) is 7.96. The molecule has 0 atom stereocenters. The smallest absolute Gasteiger partial charge is 0.272 e. The quantitative estimate of drug-likeness (QED) is 0.827. The zero-order valence-electron chi connectivity index (χ0n) is 15.9. The maximum absolute atomic E-state index is 12.9. The molecule has 28 heavy (non-hydrogen) atoms. The monoisotopic (exact) mass is 379 g/mol. The van der Waals surface area contributed by atoms with Crippen molar-refractivity contribution in [3.05, 3.63) is 48.3 Å². The highest BCUT2D eigenvalue weighted by Gasteiger charge is 2.38. The van der Waals surface area contributed by atoms with Crippen LogP contribution in [-0.2, 0) is 4.79 Å². The normalized spacial score (nSPS) is 18.7. The molecule has 0 aliphatic carbocycles. The third-order valence-corrected chi connectivity index (χ3v) is 6.02. The maximum atomic E-state index is 12.9. The van der Waals surface area contributed by atoms with Gasteiger partial charge in [-0.2, -0.15) is 0 Å². The van der Waals surface area contributed by atoms with Gasteiger partial charge in [0.1, 0.15) is 5.69 Å². The lowest BCUT2D eigenvalue weighted by Crippen LogP contribution is -2.48. The molecule has 1 aromatic heterocycles. The molecular weight excluding hydrogens is 354 g/mol. The highest BCUT2D eigenvalue weighted by atomic mass is 16.2. The van der Waals surface area contributed by atoms with Gasteiger partial charge in [0, 0.05) is 38.1 Å². The number of likely N-dealkylation sites (tertiary alicyclic amines) is 2. The number of amides is 2. The van der Waals surface area contributed by atoms with Crippen molar-refractivity contribution in [2.24, 2.45) is 5.41 Å². The van der Waals surface area contributed by atoms with Crippen LogP contribution >= 0.6 is 0 Å². The van der Waals surface area contributed by atoms with Crippen LogP contribution in [0.1, 0.15) is 36.2 Å². The molecule has 0 unspecified atom stereocenters. The van der Waals surface area contributed by atoms with E-state index in [0.717, 1.165) is 64.0 Å². The van der Waals surface area contributed by atoms with Gasteiger partial charge in [-0.1, -0.05) is 18.2 Å². The Kier molecular flexibility index (Phi) is 5.23. The maximum Gasteiger partial charge on any atom is 0.272 e. The van der Waals surface area contributed by atoms with Crippen LogP contribution in [0.4, 0.5) is 11.6 Å². The van der Waals surface area contributed by atoms with Gasteiger partial charge in [-0.25, -0.2) is 9.97 Å². The lowest BCUT2D eigenvalue weighted by Gasteiger charge is -2.46. The second-order valence-electron chi connectivity index (χ2n) is 7.69. The van der Waals surface area contributed by atoms with Crippen LogP contribution in [0.25, 0.3) is 0 Å². The molecule has 4 rings (SSSR count). The van der Waals surface area contributed by atoms with Crippen LogP contribution in [0.2, 0.25) is 0 Å². The van der Waals surface area contributed by atoms with Gasteiger partial charge in [0.15, 0.2) is 0 Å². The number of piperidine rings is 2. The fourth-order valence-electron chi connectivity index (χ4n) is 4.14. The molecule has 2 aromatic rings. The van der Waals surface area contributed by atoms with Gasteiger partial charge >= 0.3 is 0 Å². The van der Waals surface area contributed by atoms with Crippen LogP contribution < -0.4 is 5.32 Å². The first kappa shape index (κ1) is 18.4. The first-order valence-electron chi connectivity index (χ1n) is 9.81. The van der Waals surface area contributed by atoms with Gasteiger partial charge in [0.25, 0.3) is 5.91 Å². The fraction of sp³-hybridized carbons (Fsp3) is 0.429. The van der Waals surface area contributed by atoms with Crippen molar-refractivity contribution in [2.75, 3.05) is 31.5 Å². The molecule has 146 valence electrons. The number of nitrogens with one attached hydrogen (secondary N) is 1. The third-order valence-electron chi connectivity index (χ3n) is 6.02. The number of carbonyl (C=O) groups is 2. The molecule has 2 aliphatic rings. The molecule has 3 heterocycles. The topological polar surface area (TPSA) is 78.4 Å². The van der Waals surface area contributed by atoms with Crippen LogP contribution in [-0.4, -0.2) is 58.3 Å². The number of nitrogens with zero attached hydrogens (tertiary/aromatic N) is 4. The van der Waals surface area contributed by atoms with Gasteiger partial charge < -0.3 is 15.1 Å². The molecule has 2 amide bonds. The minimum atomic E-state index is -0.0429. The van der Waals surface area contributed by atoms with Crippen molar-refractivity contribution in [1.82, 2.24) is 19.8 Å². The molecule has 7 nitrogen and oxygen atoms in total. The summed E-state index contributed by atoms with van der Waals surface area (Å²) < 4.78 is 0. The molecule has 7 heteroatoms. The van der Waals surface area contributed by atoms with E-state index < -0.39 is 0 Å². The van der Waals surface area contributed by atoms with Crippen molar-refractivity contribution in [1.29, 1.82) is 0 Å². The first-order chi connectivity index (χ1) is 13.7. The summed E-state index contributed by atoms with van der Waals surface area (Å²) >= 11 is 0. The van der Waals surface area contributed by atoms with Gasteiger partial charge in [-0.05, 0) is 49.3 Å². The standard InChI is InChI=1S/C21H25N5O2/c27-16-25-12-7-21(8-13-25)9-14-26(15-10-21)19(28)18-6-11-22-20(24-18)23-17-4-2-1-3-5-17/h1-6,11,16H,7-10,12-15H2,(H,22,23,24). The minimum Gasteiger partial charge on any atom is -0.345 e. The highest BCUT2D eigenvalue weighted by Crippen LogP contribution is 2.41. The fourth-order valence-corrected chi connectivity index (χ4v) is 4.14. The highest BCUT2D eigenvalue weighted by molar-refractivity contribution is 5.92. The van der Waals surface area contributed by atoms with Gasteiger partial charge in [-0.15, -0.1) is 0 Å². The average molecular weight is 379 g/mol. The van der Waals surface area contributed by atoms with Crippen molar-refractivity contribution >= 4 is 24.0 Å². The van der Waals surface area contributed by atoms with E-state index in [0.29, 0.717) is 11.6 Å². The number of anilines is 2. The van der Waals surface area contributed by atoms with Crippen LogP contribution in [0.15, 0.2) is 42.6 Å². The number of aromatic nitrogens is 2. The largest absolute Gasteiger partial charge is 0.345 e. The summed E-state index contributed by atoms with van der Waals surface area (Å²) in [6, 6.07) is 11.3. The number of benzene rings is 1. The van der Waals surface area contributed by atoms with E-state index in [1.807, 2.05) is 40.1 Å². The molecule has 2 fully saturated rings. The van der Waals surface area contributed by atoms with Crippen molar-refractivity contribution in [3.63, 3.8) is 0 Å². The lowest BCUT2D eigenvalue weighted by atomic mass is 9.71. The Bertz CT molecular complexity index is 824. The van der Waals surface area contributed by atoms with E-state index in [-0.39, 0.29) is 11.3 Å². The van der Waals surface area contributed by atoms with E-state index in [1.54, 1.807) is 12.3 Å². The minimum absolute atomic E-state index is 0.0429. The Labute approximate surface area is 164 Å². The summed E-state index contributed by atoms with van der Waals surface area (Å²) in [5.74, 6) is 0.380. The summed E-state index contributed by atoms with van der Waals surface area (Å²) in [4.78, 5) is 36.2. The summed E-state index contributed by atoms with van der Waals surface area (Å²) in [7, 11) is 0. The van der Waals surface area contributed by atoms with Gasteiger partial charge in [-0.3, -0.25) is 9.59 Å². The van der Waals surface area contributed by atoms with E-state index in [2.05, 4.69) is 15.3 Å². The molecule has 0 saturated carbocycles. The number of carbonyl (C=O) groups excluding carboxylic acids is 2. The van der Waals surface area contributed by atoms with Crippen molar-refractivity contribution in [2.45, 2.75) is 25.7 Å². The zero-order valence-corrected chi connectivity index (χ0v) is 15.9. The van der Waals surface area contributed by atoms with E-state index in [1.165, 1.54) is 0 Å². The first-order valence-corrected chi connectivity index (χ1v) is 9.81. The Morgan fingerprint density at radius 2 is 1.68 bits per heavy atom. The molecular formula is C21H25N5O2. The average Bonchev–Trinajstić information content (AvgIpc) is 2.75.